The van der Waals surface area contributed by atoms with Crippen LogP contribution in [-0.2, 0) is 7.05 Å². The molecule has 0 aromatic carbocycles. The normalized spacial score (nSPS) is 10.3. The lowest BCUT2D eigenvalue weighted by atomic mass is 10.4. The summed E-state index contributed by atoms with van der Waals surface area (Å²) < 4.78 is 1.67. The van der Waals surface area contributed by atoms with Crippen LogP contribution in [0.3, 0.4) is 0 Å². The molecule has 2 rings (SSSR count). The van der Waals surface area contributed by atoms with Crippen LogP contribution in [0.1, 0.15) is 0 Å². The van der Waals surface area contributed by atoms with E-state index in [1.165, 1.54) is 6.20 Å². The van der Waals surface area contributed by atoms with Gasteiger partial charge < -0.3 is 11.1 Å². The second-order valence-electron chi connectivity index (χ2n) is 2.97. The first kappa shape index (κ1) is 9.72. The molecule has 0 bridgehead atoms. The van der Waals surface area contributed by atoms with Crippen molar-refractivity contribution < 1.29 is 0 Å². The van der Waals surface area contributed by atoms with Gasteiger partial charge in [0.2, 0.25) is 5.28 Å². The van der Waals surface area contributed by atoms with Gasteiger partial charge >= 0.3 is 0 Å². The van der Waals surface area contributed by atoms with Crippen LogP contribution in [0, 0.1) is 0 Å². The molecule has 2 aromatic rings. The average molecular weight is 225 g/mol. The molecular formula is C8H9ClN6. The minimum Gasteiger partial charge on any atom is -0.394 e. The van der Waals surface area contributed by atoms with Crippen molar-refractivity contribution in [2.24, 2.45) is 7.05 Å². The average Bonchev–Trinajstić information content (AvgIpc) is 2.58. The molecule has 0 saturated carbocycles. The first-order valence-electron chi connectivity index (χ1n) is 4.19. The smallest absolute Gasteiger partial charge is 0.224 e. The van der Waals surface area contributed by atoms with Crippen LogP contribution in [0.2, 0.25) is 5.28 Å². The van der Waals surface area contributed by atoms with Gasteiger partial charge in [0.1, 0.15) is 0 Å². The van der Waals surface area contributed by atoms with E-state index < -0.39 is 0 Å². The molecule has 2 heterocycles. The van der Waals surface area contributed by atoms with E-state index in [1.807, 2.05) is 7.05 Å². The van der Waals surface area contributed by atoms with Gasteiger partial charge in [-0.3, -0.25) is 4.68 Å². The monoisotopic (exact) mass is 224 g/mol. The molecule has 0 aliphatic rings. The summed E-state index contributed by atoms with van der Waals surface area (Å²) >= 11 is 5.65. The van der Waals surface area contributed by atoms with Crippen molar-refractivity contribution in [3.63, 3.8) is 0 Å². The Bertz CT molecular complexity index is 480. The van der Waals surface area contributed by atoms with Gasteiger partial charge in [-0.15, -0.1) is 0 Å². The van der Waals surface area contributed by atoms with Crippen molar-refractivity contribution in [2.75, 3.05) is 11.1 Å². The van der Waals surface area contributed by atoms with Crippen LogP contribution in [0.25, 0.3) is 0 Å². The fourth-order valence-electron chi connectivity index (χ4n) is 1.09. The molecular weight excluding hydrogens is 216 g/mol. The maximum absolute atomic E-state index is 5.67. The highest BCUT2D eigenvalue weighted by Crippen LogP contribution is 2.20. The predicted molar refractivity (Wildman–Crippen MR) is 57.9 cm³/mol. The summed E-state index contributed by atoms with van der Waals surface area (Å²) in [7, 11) is 1.82. The van der Waals surface area contributed by atoms with Crippen LogP contribution in [0.4, 0.5) is 17.2 Å². The number of nitrogens with one attached hydrogen (secondary N) is 1. The highest BCUT2D eigenvalue weighted by Gasteiger charge is 2.04. The Morgan fingerprint density at radius 1 is 1.47 bits per heavy atom. The van der Waals surface area contributed by atoms with Crippen molar-refractivity contribution in [3.05, 3.63) is 23.9 Å². The van der Waals surface area contributed by atoms with E-state index in [2.05, 4.69) is 20.4 Å². The summed E-state index contributed by atoms with van der Waals surface area (Å²) in [6.07, 6.45) is 4.92. The minimum absolute atomic E-state index is 0.149. The number of hydrogen-bond donors (Lipinski definition) is 2. The van der Waals surface area contributed by atoms with Gasteiger partial charge in [-0.1, -0.05) is 0 Å². The Balaban J connectivity index is 2.27. The highest BCUT2D eigenvalue weighted by atomic mass is 35.5. The zero-order chi connectivity index (χ0) is 10.8. The summed E-state index contributed by atoms with van der Waals surface area (Å²) in [5, 5.41) is 7.14. The van der Waals surface area contributed by atoms with Crippen LogP contribution in [0.5, 0.6) is 0 Å². The van der Waals surface area contributed by atoms with Crippen molar-refractivity contribution in [1.82, 2.24) is 19.7 Å². The third-order valence-corrected chi connectivity index (χ3v) is 1.94. The molecule has 0 radical (unpaired) electrons. The van der Waals surface area contributed by atoms with Crippen LogP contribution in [-0.4, -0.2) is 19.7 Å². The fourth-order valence-corrected chi connectivity index (χ4v) is 1.23. The lowest BCUT2D eigenvalue weighted by molar-refractivity contribution is 0.768. The zero-order valence-corrected chi connectivity index (χ0v) is 8.73. The third-order valence-electron chi connectivity index (χ3n) is 1.76. The Hall–Kier alpha value is -1.82. The number of rotatable bonds is 2. The first-order chi connectivity index (χ1) is 7.15. The SMILES string of the molecule is Cn1cc(Nc2nc(Cl)ncc2N)cn1. The molecule has 0 fully saturated rings. The number of nitrogens with two attached hydrogens (primary N) is 1. The largest absolute Gasteiger partial charge is 0.394 e. The standard InChI is InChI=1S/C8H9ClN6/c1-15-4-5(2-12-15)13-7-6(10)3-11-8(9)14-7/h2-4H,10H2,1H3,(H,11,13,14). The third kappa shape index (κ3) is 2.16. The second kappa shape index (κ2) is 3.74. The minimum atomic E-state index is 0.149. The second-order valence-corrected chi connectivity index (χ2v) is 3.31. The van der Waals surface area contributed by atoms with Crippen LogP contribution < -0.4 is 11.1 Å². The highest BCUT2D eigenvalue weighted by molar-refractivity contribution is 6.28. The van der Waals surface area contributed by atoms with E-state index in [9.17, 15) is 0 Å². The molecule has 0 spiro atoms. The first-order valence-corrected chi connectivity index (χ1v) is 4.56. The molecule has 0 aliphatic carbocycles. The van der Waals surface area contributed by atoms with Crippen LogP contribution >= 0.6 is 11.6 Å². The van der Waals surface area contributed by atoms with E-state index in [1.54, 1.807) is 17.1 Å². The van der Waals surface area contributed by atoms with Crippen molar-refractivity contribution in [3.8, 4) is 0 Å². The molecule has 0 aliphatic heterocycles. The van der Waals surface area contributed by atoms with Gasteiger partial charge in [0.05, 0.1) is 23.8 Å². The number of halogens is 1. The van der Waals surface area contributed by atoms with Crippen LogP contribution in [0.15, 0.2) is 18.6 Å². The molecule has 0 saturated heterocycles. The topological polar surface area (TPSA) is 81.7 Å². The number of aryl methyl sites for hydroxylation is 1. The van der Waals surface area contributed by atoms with Gasteiger partial charge in [0.25, 0.3) is 0 Å². The van der Waals surface area contributed by atoms with Crippen molar-refractivity contribution >= 4 is 28.8 Å². The van der Waals surface area contributed by atoms with Gasteiger partial charge in [-0.05, 0) is 11.6 Å². The van der Waals surface area contributed by atoms with Crippen molar-refractivity contribution in [2.45, 2.75) is 0 Å². The van der Waals surface area contributed by atoms with E-state index >= 15 is 0 Å². The van der Waals surface area contributed by atoms with Gasteiger partial charge in [0.15, 0.2) is 5.82 Å². The van der Waals surface area contributed by atoms with Gasteiger partial charge in [-0.2, -0.15) is 10.1 Å². The lowest BCUT2D eigenvalue weighted by Crippen LogP contribution is -2.00. The molecule has 0 unspecified atom stereocenters. The Labute approximate surface area is 91.1 Å². The van der Waals surface area contributed by atoms with E-state index in [4.69, 9.17) is 17.3 Å². The number of nitrogens with zero attached hydrogens (tertiary/aromatic N) is 4. The molecule has 6 nitrogen and oxygen atoms in total. The number of hydrogen-bond acceptors (Lipinski definition) is 5. The molecule has 3 N–H and O–H groups in total. The Kier molecular flexibility index (Phi) is 2.42. The molecule has 78 valence electrons. The summed E-state index contributed by atoms with van der Waals surface area (Å²) in [4.78, 5) is 7.71. The summed E-state index contributed by atoms with van der Waals surface area (Å²) in [6, 6.07) is 0. The zero-order valence-electron chi connectivity index (χ0n) is 7.98. The quantitative estimate of drug-likeness (QED) is 0.749. The molecule has 2 aromatic heterocycles. The summed E-state index contributed by atoms with van der Waals surface area (Å²) in [5.74, 6) is 0.475. The Morgan fingerprint density at radius 3 is 2.93 bits per heavy atom. The maximum Gasteiger partial charge on any atom is 0.224 e. The molecule has 15 heavy (non-hydrogen) atoms. The molecule has 7 heteroatoms. The van der Waals surface area contributed by atoms with Gasteiger partial charge in [0, 0.05) is 13.2 Å². The molecule has 0 amide bonds. The number of anilines is 3. The van der Waals surface area contributed by atoms with Crippen molar-refractivity contribution in [1.29, 1.82) is 0 Å². The van der Waals surface area contributed by atoms with E-state index in [0.717, 1.165) is 5.69 Å². The lowest BCUT2D eigenvalue weighted by Gasteiger charge is -2.04. The Morgan fingerprint density at radius 2 is 2.27 bits per heavy atom. The molecule has 0 atom stereocenters. The number of nitrogen functional groups attached to an aromatic ring is 1. The fraction of sp³-hybridized carbons (Fsp3) is 0.125. The predicted octanol–water partition coefficient (Wildman–Crippen LogP) is 1.19. The number of aromatic nitrogens is 4. The van der Waals surface area contributed by atoms with Gasteiger partial charge in [-0.25, -0.2) is 4.98 Å². The van der Waals surface area contributed by atoms with E-state index in [0.29, 0.717) is 11.5 Å². The summed E-state index contributed by atoms with van der Waals surface area (Å²) in [6.45, 7) is 0. The maximum atomic E-state index is 5.67. The van der Waals surface area contributed by atoms with E-state index in [-0.39, 0.29) is 5.28 Å². The summed E-state index contributed by atoms with van der Waals surface area (Å²) in [5.41, 5.74) is 6.90.